The van der Waals surface area contributed by atoms with Crippen molar-refractivity contribution in [2.45, 2.75) is 25.7 Å². The van der Waals surface area contributed by atoms with Crippen LogP contribution in [0.4, 0.5) is 0 Å². The van der Waals surface area contributed by atoms with Crippen molar-refractivity contribution < 1.29 is 14.7 Å². The molecule has 2 aliphatic carbocycles. The minimum absolute atomic E-state index is 0.00271. The fourth-order valence-electron chi connectivity index (χ4n) is 4.23. The standard InChI is InChI=1S/C16H19N3O3/c20-15(9-1-2-13-10(5-9)6-17-8-18-13)19-4-3-11-12(7-19)14(11)16(21)22/h6,8-9,11-12,14H,1-5,7H2,(H,21,22)/t9?,11-,12+,14-/m1/s1. The van der Waals surface area contributed by atoms with Crippen LogP contribution >= 0.6 is 0 Å². The molecule has 116 valence electrons. The van der Waals surface area contributed by atoms with Crippen LogP contribution in [-0.2, 0) is 22.4 Å². The van der Waals surface area contributed by atoms with Gasteiger partial charge in [-0.15, -0.1) is 0 Å². The van der Waals surface area contributed by atoms with Gasteiger partial charge in [-0.1, -0.05) is 0 Å². The van der Waals surface area contributed by atoms with Crippen molar-refractivity contribution in [3.63, 3.8) is 0 Å². The molecule has 1 unspecified atom stereocenters. The normalized spacial score (nSPS) is 32.8. The summed E-state index contributed by atoms with van der Waals surface area (Å²) in [6, 6.07) is 0. The first kappa shape index (κ1) is 13.7. The number of amides is 1. The number of piperidine rings is 1. The van der Waals surface area contributed by atoms with E-state index >= 15 is 0 Å². The Morgan fingerprint density at radius 3 is 2.95 bits per heavy atom. The van der Waals surface area contributed by atoms with Gasteiger partial charge >= 0.3 is 5.97 Å². The Hall–Kier alpha value is -1.98. The lowest BCUT2D eigenvalue weighted by molar-refractivity contribution is -0.140. The predicted octanol–water partition coefficient (Wildman–Crippen LogP) is 0.761. The highest BCUT2D eigenvalue weighted by atomic mass is 16.4. The summed E-state index contributed by atoms with van der Waals surface area (Å²) in [6.45, 7) is 1.33. The van der Waals surface area contributed by atoms with Gasteiger partial charge in [-0.2, -0.15) is 0 Å². The number of aliphatic carboxylic acids is 1. The Balaban J connectivity index is 1.42. The quantitative estimate of drug-likeness (QED) is 0.872. The van der Waals surface area contributed by atoms with Gasteiger partial charge in [-0.3, -0.25) is 9.59 Å². The minimum Gasteiger partial charge on any atom is -0.481 e. The highest BCUT2D eigenvalue weighted by Crippen LogP contribution is 2.51. The number of carboxylic acids is 1. The lowest BCUT2D eigenvalue weighted by atomic mass is 9.86. The highest BCUT2D eigenvalue weighted by Gasteiger charge is 2.57. The Labute approximate surface area is 128 Å². The van der Waals surface area contributed by atoms with Crippen LogP contribution in [-0.4, -0.2) is 44.9 Å². The summed E-state index contributed by atoms with van der Waals surface area (Å²) in [5.41, 5.74) is 2.14. The number of carbonyl (C=O) groups excluding carboxylic acids is 1. The molecule has 2 fully saturated rings. The lowest BCUT2D eigenvalue weighted by Crippen LogP contribution is -2.42. The summed E-state index contributed by atoms with van der Waals surface area (Å²) in [6.07, 6.45) is 6.57. The van der Waals surface area contributed by atoms with Gasteiger partial charge in [0, 0.05) is 30.9 Å². The van der Waals surface area contributed by atoms with Crippen molar-refractivity contribution >= 4 is 11.9 Å². The number of carboxylic acid groups (broad SMARTS) is 1. The molecule has 1 saturated carbocycles. The number of aryl methyl sites for hydroxylation is 1. The first-order valence-electron chi connectivity index (χ1n) is 7.94. The van der Waals surface area contributed by atoms with Gasteiger partial charge in [-0.05, 0) is 43.1 Å². The van der Waals surface area contributed by atoms with Crippen molar-refractivity contribution in [3.05, 3.63) is 23.8 Å². The van der Waals surface area contributed by atoms with E-state index in [0.717, 1.165) is 30.5 Å². The fourth-order valence-corrected chi connectivity index (χ4v) is 4.23. The van der Waals surface area contributed by atoms with Crippen molar-refractivity contribution in [1.82, 2.24) is 14.9 Å². The third-order valence-corrected chi connectivity index (χ3v) is 5.52. The Bertz CT molecular complexity index is 633. The van der Waals surface area contributed by atoms with E-state index in [-0.39, 0.29) is 23.7 Å². The van der Waals surface area contributed by atoms with Crippen LogP contribution in [0.1, 0.15) is 24.1 Å². The van der Waals surface area contributed by atoms with Gasteiger partial charge in [0.1, 0.15) is 6.33 Å². The molecule has 1 saturated heterocycles. The molecular formula is C16H19N3O3. The van der Waals surface area contributed by atoms with E-state index in [1.165, 1.54) is 0 Å². The molecule has 22 heavy (non-hydrogen) atoms. The van der Waals surface area contributed by atoms with Crippen molar-refractivity contribution in [2.75, 3.05) is 13.1 Å². The Morgan fingerprint density at radius 1 is 1.27 bits per heavy atom. The summed E-state index contributed by atoms with van der Waals surface area (Å²) < 4.78 is 0. The zero-order valence-corrected chi connectivity index (χ0v) is 12.3. The van der Waals surface area contributed by atoms with Crippen LogP contribution in [0, 0.1) is 23.7 Å². The number of rotatable bonds is 2. The molecular weight excluding hydrogens is 282 g/mol. The second kappa shape index (κ2) is 5.04. The van der Waals surface area contributed by atoms with E-state index in [1.807, 2.05) is 11.1 Å². The van der Waals surface area contributed by atoms with Crippen LogP contribution in [0.3, 0.4) is 0 Å². The Kier molecular flexibility index (Phi) is 3.13. The molecule has 4 atom stereocenters. The molecule has 2 heterocycles. The van der Waals surface area contributed by atoms with Crippen LogP contribution < -0.4 is 0 Å². The van der Waals surface area contributed by atoms with Gasteiger partial charge < -0.3 is 10.0 Å². The van der Waals surface area contributed by atoms with Gasteiger partial charge in [0.25, 0.3) is 0 Å². The van der Waals surface area contributed by atoms with Crippen LogP contribution in [0.5, 0.6) is 0 Å². The summed E-state index contributed by atoms with van der Waals surface area (Å²) in [5.74, 6) is -0.274. The molecule has 4 rings (SSSR count). The average Bonchev–Trinajstić information content (AvgIpc) is 3.27. The first-order valence-corrected chi connectivity index (χ1v) is 7.94. The van der Waals surface area contributed by atoms with Gasteiger partial charge in [0.2, 0.25) is 5.91 Å². The molecule has 0 radical (unpaired) electrons. The topological polar surface area (TPSA) is 83.4 Å². The zero-order valence-electron chi connectivity index (χ0n) is 12.3. The lowest BCUT2D eigenvalue weighted by Gasteiger charge is -2.32. The number of likely N-dealkylation sites (tertiary alicyclic amines) is 1. The molecule has 6 heteroatoms. The van der Waals surface area contributed by atoms with E-state index in [9.17, 15) is 9.59 Å². The third kappa shape index (κ3) is 2.17. The van der Waals surface area contributed by atoms with E-state index in [0.29, 0.717) is 25.4 Å². The summed E-state index contributed by atoms with van der Waals surface area (Å²) in [5, 5.41) is 9.15. The molecule has 6 nitrogen and oxygen atoms in total. The second-order valence-corrected chi connectivity index (χ2v) is 6.70. The van der Waals surface area contributed by atoms with Crippen molar-refractivity contribution in [1.29, 1.82) is 0 Å². The molecule has 3 aliphatic rings. The smallest absolute Gasteiger partial charge is 0.307 e. The number of hydrogen-bond acceptors (Lipinski definition) is 4. The number of hydrogen-bond donors (Lipinski definition) is 1. The SMILES string of the molecule is O=C(O)[C@@H]1[C@@H]2CCN(C(=O)C3CCc4ncncc4C3)C[C@@H]21. The molecule has 1 aromatic rings. The third-order valence-electron chi connectivity index (χ3n) is 5.52. The van der Waals surface area contributed by atoms with E-state index < -0.39 is 5.97 Å². The summed E-state index contributed by atoms with van der Waals surface area (Å²) >= 11 is 0. The second-order valence-electron chi connectivity index (χ2n) is 6.70. The maximum Gasteiger partial charge on any atom is 0.307 e. The van der Waals surface area contributed by atoms with Crippen LogP contribution in [0.25, 0.3) is 0 Å². The van der Waals surface area contributed by atoms with Gasteiger partial charge in [-0.25, -0.2) is 9.97 Å². The monoisotopic (exact) mass is 301 g/mol. The maximum atomic E-state index is 12.7. The molecule has 0 spiro atoms. The summed E-state index contributed by atoms with van der Waals surface area (Å²) in [4.78, 5) is 34.1. The molecule has 1 amide bonds. The van der Waals surface area contributed by atoms with Gasteiger partial charge in [0.05, 0.1) is 5.92 Å². The first-order chi connectivity index (χ1) is 10.6. The summed E-state index contributed by atoms with van der Waals surface area (Å²) in [7, 11) is 0. The molecule has 0 aromatic carbocycles. The molecule has 1 aliphatic heterocycles. The number of carbonyl (C=O) groups is 2. The van der Waals surface area contributed by atoms with Crippen molar-refractivity contribution in [2.24, 2.45) is 23.7 Å². The highest BCUT2D eigenvalue weighted by molar-refractivity contribution is 5.80. The molecule has 1 N–H and O–H groups in total. The predicted molar refractivity (Wildman–Crippen MR) is 76.8 cm³/mol. The van der Waals surface area contributed by atoms with Crippen LogP contribution in [0.15, 0.2) is 12.5 Å². The average molecular weight is 301 g/mol. The van der Waals surface area contributed by atoms with Crippen LogP contribution in [0.2, 0.25) is 0 Å². The number of nitrogens with zero attached hydrogens (tertiary/aromatic N) is 3. The Morgan fingerprint density at radius 2 is 2.14 bits per heavy atom. The number of fused-ring (bicyclic) bond motifs is 2. The van der Waals surface area contributed by atoms with E-state index in [4.69, 9.17) is 5.11 Å². The maximum absolute atomic E-state index is 12.7. The number of aromatic nitrogens is 2. The van der Waals surface area contributed by atoms with Crippen molar-refractivity contribution in [3.8, 4) is 0 Å². The van der Waals surface area contributed by atoms with E-state index in [1.54, 1.807) is 6.33 Å². The molecule has 1 aromatic heterocycles. The zero-order chi connectivity index (χ0) is 15.3. The van der Waals surface area contributed by atoms with E-state index in [2.05, 4.69) is 9.97 Å². The largest absolute Gasteiger partial charge is 0.481 e. The molecule has 0 bridgehead atoms. The minimum atomic E-state index is -0.701. The fraction of sp³-hybridized carbons (Fsp3) is 0.625. The van der Waals surface area contributed by atoms with Gasteiger partial charge in [0.15, 0.2) is 0 Å².